The summed E-state index contributed by atoms with van der Waals surface area (Å²) in [7, 11) is 4.64. The molecule has 0 heterocycles. The van der Waals surface area contributed by atoms with Crippen molar-refractivity contribution >= 4 is 49.8 Å². The third-order valence-electron chi connectivity index (χ3n) is 3.96. The molecule has 0 bridgehead atoms. The van der Waals surface area contributed by atoms with Crippen molar-refractivity contribution in [3.63, 3.8) is 0 Å². The molecule has 1 aliphatic rings. The minimum absolute atomic E-state index is 0. The molecule has 0 spiro atoms. The molecule has 6 heteroatoms. The van der Waals surface area contributed by atoms with Crippen LogP contribution in [0.2, 0.25) is 13.1 Å². The predicted octanol–water partition coefficient (Wildman–Crippen LogP) is 5.73. The maximum Gasteiger partial charge on any atom is 0.117 e. The molecule has 0 fully saturated rings. The van der Waals surface area contributed by atoms with E-state index in [0.717, 1.165) is 26.7 Å². The second kappa shape index (κ2) is 16.1. The number of aromatic hydroxyl groups is 1. The standard InChI is InChI=1S/C13H19OSi.C6H7.C2H6Si.2ClH.Ti/c1-7-8(2)10(13(4,5)6)12(15)11(14)9(7)3;1-6-4-2-3-5-6;1-3-2;;;/h14H,1-6H3;2,4H,3H2,1H3;1-2H3;2*1H;/q;-1;;;;. The summed E-state index contributed by atoms with van der Waals surface area (Å²) in [5.74, 6) is 0.375. The molecule has 1 N–H and O–H groups in total. The summed E-state index contributed by atoms with van der Waals surface area (Å²) in [5, 5.41) is 10.8. The summed E-state index contributed by atoms with van der Waals surface area (Å²) >= 11 is 0. The second-order valence-electron chi connectivity index (χ2n) is 7.19. The Labute approximate surface area is 200 Å². The van der Waals surface area contributed by atoms with E-state index in [9.17, 15) is 5.11 Å². The molecule has 1 aromatic rings. The van der Waals surface area contributed by atoms with Crippen LogP contribution in [-0.4, -0.2) is 24.9 Å². The van der Waals surface area contributed by atoms with Crippen LogP contribution < -0.4 is 5.19 Å². The van der Waals surface area contributed by atoms with Crippen molar-refractivity contribution in [3.05, 3.63) is 46.1 Å². The largest absolute Gasteiger partial charge is 0.508 e. The van der Waals surface area contributed by atoms with Crippen LogP contribution in [0, 0.1) is 26.8 Å². The molecular weight excluding hydrogens is 443 g/mol. The van der Waals surface area contributed by atoms with Crippen LogP contribution in [0.5, 0.6) is 5.75 Å². The van der Waals surface area contributed by atoms with Gasteiger partial charge in [-0.3, -0.25) is 6.08 Å². The Morgan fingerprint density at radius 1 is 1.00 bits per heavy atom. The van der Waals surface area contributed by atoms with Gasteiger partial charge in [-0.15, -0.1) is 31.2 Å². The number of hydrogen-bond donors (Lipinski definition) is 1. The van der Waals surface area contributed by atoms with Crippen molar-refractivity contribution in [3.8, 4) is 5.75 Å². The summed E-state index contributed by atoms with van der Waals surface area (Å²) in [6.07, 6.45) is 8.33. The third-order valence-corrected chi connectivity index (χ3v) is 4.45. The van der Waals surface area contributed by atoms with Crippen molar-refractivity contribution < 1.29 is 26.8 Å². The van der Waals surface area contributed by atoms with E-state index in [1.165, 1.54) is 22.3 Å². The van der Waals surface area contributed by atoms with Crippen LogP contribution in [0.4, 0.5) is 0 Å². The molecule has 1 aliphatic carbocycles. The predicted molar refractivity (Wildman–Crippen MR) is 125 cm³/mol. The topological polar surface area (TPSA) is 20.2 Å². The molecule has 0 atom stereocenters. The number of benzene rings is 1. The molecule has 151 valence electrons. The van der Waals surface area contributed by atoms with E-state index in [1.807, 2.05) is 6.92 Å². The Bertz CT molecular complexity index is 590. The minimum atomic E-state index is 0. The molecule has 0 unspecified atom stereocenters. The Hall–Kier alpha value is 0.228. The van der Waals surface area contributed by atoms with Gasteiger partial charge in [0.25, 0.3) is 0 Å². The zero-order valence-corrected chi connectivity index (χ0v) is 23.3. The first-order valence-corrected chi connectivity index (χ1v) is 10.9. The van der Waals surface area contributed by atoms with Gasteiger partial charge in [0.1, 0.15) is 5.75 Å². The molecular formula is C21H34Cl2OSi2Ti-. The molecule has 5 radical (unpaired) electrons. The van der Waals surface area contributed by atoms with Gasteiger partial charge in [-0.2, -0.15) is 6.08 Å². The Morgan fingerprint density at radius 2 is 1.44 bits per heavy atom. The van der Waals surface area contributed by atoms with Crippen LogP contribution in [0.3, 0.4) is 0 Å². The van der Waals surface area contributed by atoms with E-state index >= 15 is 0 Å². The van der Waals surface area contributed by atoms with E-state index in [2.05, 4.69) is 83.1 Å². The fourth-order valence-corrected chi connectivity index (χ4v) is 3.34. The molecule has 0 aromatic heterocycles. The quantitative estimate of drug-likeness (QED) is 0.374. The first-order valence-electron chi connectivity index (χ1n) is 8.36. The molecule has 0 amide bonds. The first-order chi connectivity index (χ1) is 11.0. The molecule has 1 nitrogen and oxygen atoms in total. The Balaban J connectivity index is -0.000000186. The number of halogens is 2. The van der Waals surface area contributed by atoms with E-state index in [4.69, 9.17) is 0 Å². The Kier molecular flexibility index (Phi) is 20.7. The van der Waals surface area contributed by atoms with Crippen LogP contribution in [0.25, 0.3) is 0 Å². The summed E-state index contributed by atoms with van der Waals surface area (Å²) in [5.41, 5.74) is 5.92. The number of hydrogen-bond acceptors (Lipinski definition) is 1. The van der Waals surface area contributed by atoms with Crippen molar-refractivity contribution in [1.82, 2.24) is 0 Å². The van der Waals surface area contributed by atoms with Gasteiger partial charge in [-0.05, 0) is 53.6 Å². The molecule has 27 heavy (non-hydrogen) atoms. The zero-order valence-electron chi connectivity index (χ0n) is 18.1. The zero-order chi connectivity index (χ0) is 19.1. The second-order valence-corrected chi connectivity index (χ2v) is 8.69. The fourth-order valence-electron chi connectivity index (χ4n) is 2.59. The number of allylic oxidation sites excluding steroid dienone is 4. The van der Waals surface area contributed by atoms with Crippen LogP contribution in [0.15, 0.2) is 17.7 Å². The van der Waals surface area contributed by atoms with Gasteiger partial charge < -0.3 is 5.11 Å². The van der Waals surface area contributed by atoms with Crippen molar-refractivity contribution in [2.45, 2.75) is 73.4 Å². The van der Waals surface area contributed by atoms with Crippen molar-refractivity contribution in [2.24, 2.45) is 0 Å². The van der Waals surface area contributed by atoms with Crippen molar-refractivity contribution in [1.29, 1.82) is 0 Å². The van der Waals surface area contributed by atoms with Crippen LogP contribution >= 0.6 is 24.8 Å². The third kappa shape index (κ3) is 11.1. The smallest absolute Gasteiger partial charge is 0.117 e. The summed E-state index contributed by atoms with van der Waals surface area (Å²) in [6.45, 7) is 19.0. The summed E-state index contributed by atoms with van der Waals surface area (Å²) < 4.78 is 0. The number of phenols is 1. The van der Waals surface area contributed by atoms with E-state index in [0.29, 0.717) is 5.75 Å². The van der Waals surface area contributed by atoms with Gasteiger partial charge in [-0.25, -0.2) is 11.6 Å². The van der Waals surface area contributed by atoms with Gasteiger partial charge in [0.15, 0.2) is 0 Å². The summed E-state index contributed by atoms with van der Waals surface area (Å²) in [4.78, 5) is 0. The minimum Gasteiger partial charge on any atom is -0.508 e. The molecule has 2 rings (SSSR count). The normalized spacial score (nSPS) is 11.4. The van der Waals surface area contributed by atoms with Crippen molar-refractivity contribution in [2.75, 3.05) is 0 Å². The molecule has 0 aliphatic heterocycles. The SMILES string of the molecule is CC1=[C-]CC=C1.C[Si]C.Cc1c(C)c(O)c([Si])c(C(C)(C)C)c1C.Cl.Cl.[Ti]. The van der Waals surface area contributed by atoms with Gasteiger partial charge in [-0.1, -0.05) is 40.8 Å². The molecule has 0 saturated carbocycles. The average Bonchev–Trinajstić information content (AvgIpc) is 2.94. The van der Waals surface area contributed by atoms with Gasteiger partial charge in [0.2, 0.25) is 0 Å². The number of rotatable bonds is 0. The maximum atomic E-state index is 10.0. The van der Waals surface area contributed by atoms with Gasteiger partial charge in [0, 0.05) is 31.2 Å². The van der Waals surface area contributed by atoms with E-state index < -0.39 is 0 Å². The fraction of sp³-hybridized carbons (Fsp3) is 0.524. The average molecular weight is 477 g/mol. The molecule has 0 saturated heterocycles. The first kappa shape index (κ1) is 34.7. The van der Waals surface area contributed by atoms with Gasteiger partial charge in [0.05, 0.1) is 10.2 Å². The van der Waals surface area contributed by atoms with E-state index in [-0.39, 0.29) is 51.9 Å². The monoisotopic (exact) mass is 476 g/mol. The number of phenolic OH excluding ortho intramolecular Hbond substituents is 1. The van der Waals surface area contributed by atoms with Crippen LogP contribution in [0.1, 0.15) is 56.4 Å². The van der Waals surface area contributed by atoms with Crippen LogP contribution in [-0.2, 0) is 27.1 Å². The Morgan fingerprint density at radius 3 is 1.70 bits per heavy atom. The molecule has 1 aromatic carbocycles. The summed E-state index contributed by atoms with van der Waals surface area (Å²) in [6, 6.07) is 0. The maximum absolute atomic E-state index is 10.0. The van der Waals surface area contributed by atoms with E-state index in [1.54, 1.807) is 0 Å². The van der Waals surface area contributed by atoms with Gasteiger partial charge >= 0.3 is 0 Å².